The average molecular weight is 449 g/mol. The van der Waals surface area contributed by atoms with E-state index in [0.29, 0.717) is 43.3 Å². The van der Waals surface area contributed by atoms with Crippen molar-refractivity contribution in [3.05, 3.63) is 29.8 Å². The molecule has 3 N–H and O–H groups in total. The van der Waals surface area contributed by atoms with Gasteiger partial charge in [0.1, 0.15) is 0 Å². The van der Waals surface area contributed by atoms with Crippen LogP contribution in [0.25, 0.3) is 0 Å². The number of primary sulfonamides is 1. The fraction of sp³-hybridized carbons (Fsp3) is 0.636. The fourth-order valence-electron chi connectivity index (χ4n) is 4.99. The summed E-state index contributed by atoms with van der Waals surface area (Å²) in [4.78, 5) is 29.6. The first-order valence-corrected chi connectivity index (χ1v) is 12.7. The molecule has 3 fully saturated rings. The Hall–Kier alpha value is -1.97. The van der Waals surface area contributed by atoms with Gasteiger partial charge in [-0.25, -0.2) is 13.6 Å². The van der Waals surface area contributed by atoms with Crippen LogP contribution in [0.5, 0.6) is 0 Å². The van der Waals surface area contributed by atoms with Crippen molar-refractivity contribution in [3.63, 3.8) is 0 Å². The molecule has 3 atom stereocenters. The van der Waals surface area contributed by atoms with Gasteiger partial charge in [-0.2, -0.15) is 0 Å². The quantitative estimate of drug-likeness (QED) is 0.642. The molecule has 1 saturated carbocycles. The summed E-state index contributed by atoms with van der Waals surface area (Å²) in [6.45, 7) is 4.14. The lowest BCUT2D eigenvalue weighted by Crippen LogP contribution is -2.59. The molecule has 0 unspecified atom stereocenters. The van der Waals surface area contributed by atoms with E-state index in [4.69, 9.17) is 5.14 Å². The number of hydrogen-bond acceptors (Lipinski definition) is 5. The summed E-state index contributed by atoms with van der Waals surface area (Å²) < 4.78 is 22.7. The number of piperidine rings is 2. The Morgan fingerprint density at radius 2 is 1.90 bits per heavy atom. The molecule has 0 spiro atoms. The number of sulfonamides is 1. The standard InChI is InChI=1S/C22H32N4O4S/c1-15(22(28)24-12-10-16-2-7-19(8-3-16)31(23,29)30)25-13-11-20-17(14-25)4-9-21(27)26(20)18-5-6-18/h2-3,7-8,15,17-18,20H,4-6,9-14H2,1H3,(H,24,28)(H2,23,29,30)/t15-,17+,20-/m1/s1. The van der Waals surface area contributed by atoms with Crippen LogP contribution < -0.4 is 10.5 Å². The van der Waals surface area contributed by atoms with Gasteiger partial charge >= 0.3 is 0 Å². The number of nitrogens with two attached hydrogens (primary N) is 1. The molecule has 9 heteroatoms. The zero-order chi connectivity index (χ0) is 22.2. The van der Waals surface area contributed by atoms with Crippen molar-refractivity contribution in [1.82, 2.24) is 15.1 Å². The number of fused-ring (bicyclic) bond motifs is 1. The van der Waals surface area contributed by atoms with Gasteiger partial charge in [-0.3, -0.25) is 14.5 Å². The van der Waals surface area contributed by atoms with E-state index < -0.39 is 10.0 Å². The molecule has 0 radical (unpaired) electrons. The summed E-state index contributed by atoms with van der Waals surface area (Å²) in [5.41, 5.74) is 0.938. The molecule has 1 aromatic carbocycles. The Bertz CT molecular complexity index is 929. The molecule has 3 aliphatic rings. The zero-order valence-electron chi connectivity index (χ0n) is 18.0. The molecule has 2 aliphatic heterocycles. The third-order valence-electron chi connectivity index (χ3n) is 6.93. The van der Waals surface area contributed by atoms with Gasteiger partial charge in [-0.15, -0.1) is 0 Å². The van der Waals surface area contributed by atoms with E-state index in [-0.39, 0.29) is 16.8 Å². The molecule has 1 aromatic rings. The first-order chi connectivity index (χ1) is 14.7. The van der Waals surface area contributed by atoms with Crippen molar-refractivity contribution in [2.24, 2.45) is 11.1 Å². The lowest BCUT2D eigenvalue weighted by atomic mass is 9.83. The minimum Gasteiger partial charge on any atom is -0.354 e. The molecule has 0 aromatic heterocycles. The van der Waals surface area contributed by atoms with E-state index in [9.17, 15) is 18.0 Å². The van der Waals surface area contributed by atoms with Gasteiger partial charge in [0.25, 0.3) is 0 Å². The summed E-state index contributed by atoms with van der Waals surface area (Å²) in [5.74, 6) is 0.783. The Kier molecular flexibility index (Phi) is 6.37. The first-order valence-electron chi connectivity index (χ1n) is 11.2. The lowest BCUT2D eigenvalue weighted by Gasteiger charge is -2.48. The van der Waals surface area contributed by atoms with Crippen LogP contribution in [-0.2, 0) is 26.0 Å². The SMILES string of the molecule is C[C@H](C(=O)NCCc1ccc(S(N)(=O)=O)cc1)N1CC[C@@H]2[C@@H](CCC(=O)N2C2CC2)C1. The van der Waals surface area contributed by atoms with Crippen LogP contribution in [0.4, 0.5) is 0 Å². The van der Waals surface area contributed by atoms with Crippen LogP contribution in [-0.4, -0.2) is 67.8 Å². The second kappa shape index (κ2) is 8.88. The van der Waals surface area contributed by atoms with E-state index in [2.05, 4.69) is 15.1 Å². The van der Waals surface area contributed by atoms with Gasteiger partial charge in [-0.05, 0) is 62.6 Å². The molecular weight excluding hydrogens is 416 g/mol. The van der Waals surface area contributed by atoms with Crippen LogP contribution >= 0.6 is 0 Å². The topological polar surface area (TPSA) is 113 Å². The molecule has 31 heavy (non-hydrogen) atoms. The summed E-state index contributed by atoms with van der Waals surface area (Å²) in [6, 6.07) is 7.01. The van der Waals surface area contributed by atoms with Crippen molar-refractivity contribution in [3.8, 4) is 0 Å². The third kappa shape index (κ3) is 5.10. The molecule has 8 nitrogen and oxygen atoms in total. The number of likely N-dealkylation sites (tertiary alicyclic amines) is 2. The largest absolute Gasteiger partial charge is 0.354 e. The zero-order valence-corrected chi connectivity index (χ0v) is 18.8. The van der Waals surface area contributed by atoms with Gasteiger partial charge < -0.3 is 10.2 Å². The number of nitrogens with zero attached hydrogens (tertiary/aromatic N) is 2. The second-order valence-electron chi connectivity index (χ2n) is 9.09. The van der Waals surface area contributed by atoms with Crippen molar-refractivity contribution in [1.29, 1.82) is 0 Å². The number of rotatable bonds is 7. The molecular formula is C22H32N4O4S. The molecule has 170 valence electrons. The van der Waals surface area contributed by atoms with Gasteiger partial charge in [0.05, 0.1) is 10.9 Å². The van der Waals surface area contributed by atoms with Crippen LogP contribution in [0.15, 0.2) is 29.2 Å². The molecule has 1 aliphatic carbocycles. The molecule has 0 bridgehead atoms. The number of nitrogens with one attached hydrogen (secondary N) is 1. The van der Waals surface area contributed by atoms with Gasteiger partial charge in [0.2, 0.25) is 21.8 Å². The normalized spacial score (nSPS) is 25.7. The van der Waals surface area contributed by atoms with Crippen molar-refractivity contribution in [2.45, 2.75) is 68.5 Å². The molecule has 2 amide bonds. The maximum Gasteiger partial charge on any atom is 0.238 e. The highest BCUT2D eigenvalue weighted by atomic mass is 32.2. The number of amides is 2. The van der Waals surface area contributed by atoms with E-state index >= 15 is 0 Å². The predicted octanol–water partition coefficient (Wildman–Crippen LogP) is 0.857. The Morgan fingerprint density at radius 1 is 1.19 bits per heavy atom. The number of carbonyl (C=O) groups excluding carboxylic acids is 2. The average Bonchev–Trinajstić information content (AvgIpc) is 3.57. The van der Waals surface area contributed by atoms with Gasteiger partial charge in [-0.1, -0.05) is 12.1 Å². The second-order valence-corrected chi connectivity index (χ2v) is 10.6. The van der Waals surface area contributed by atoms with E-state index in [0.717, 1.165) is 44.3 Å². The van der Waals surface area contributed by atoms with E-state index in [1.807, 2.05) is 6.92 Å². The number of benzene rings is 1. The lowest BCUT2D eigenvalue weighted by molar-refractivity contribution is -0.143. The smallest absolute Gasteiger partial charge is 0.238 e. The van der Waals surface area contributed by atoms with Crippen molar-refractivity contribution < 1.29 is 18.0 Å². The Labute approximate surface area is 184 Å². The summed E-state index contributed by atoms with van der Waals surface area (Å²) in [7, 11) is -3.69. The minimum absolute atomic E-state index is 0.00513. The van der Waals surface area contributed by atoms with Crippen LogP contribution in [0.3, 0.4) is 0 Å². The molecule has 2 heterocycles. The Morgan fingerprint density at radius 3 is 2.55 bits per heavy atom. The maximum absolute atomic E-state index is 12.7. The maximum atomic E-state index is 12.7. The highest BCUT2D eigenvalue weighted by molar-refractivity contribution is 7.89. The van der Waals surface area contributed by atoms with Crippen LogP contribution in [0, 0.1) is 5.92 Å². The van der Waals surface area contributed by atoms with E-state index in [1.165, 1.54) is 12.1 Å². The van der Waals surface area contributed by atoms with Gasteiger partial charge in [0, 0.05) is 38.1 Å². The summed E-state index contributed by atoms with van der Waals surface area (Å²) >= 11 is 0. The minimum atomic E-state index is -3.69. The van der Waals surface area contributed by atoms with Gasteiger partial charge in [0.15, 0.2) is 0 Å². The predicted molar refractivity (Wildman–Crippen MR) is 117 cm³/mol. The number of carbonyl (C=O) groups is 2. The van der Waals surface area contributed by atoms with Crippen molar-refractivity contribution >= 4 is 21.8 Å². The monoisotopic (exact) mass is 448 g/mol. The fourth-order valence-corrected chi connectivity index (χ4v) is 5.50. The third-order valence-corrected chi connectivity index (χ3v) is 7.86. The van der Waals surface area contributed by atoms with Crippen molar-refractivity contribution in [2.75, 3.05) is 19.6 Å². The van der Waals surface area contributed by atoms with Crippen LogP contribution in [0.1, 0.15) is 44.6 Å². The summed E-state index contributed by atoms with van der Waals surface area (Å²) in [6.07, 6.45) is 5.40. The Balaban J connectivity index is 1.25. The van der Waals surface area contributed by atoms with Crippen LogP contribution in [0.2, 0.25) is 0 Å². The highest BCUT2D eigenvalue weighted by Crippen LogP contribution is 2.39. The molecule has 4 rings (SSSR count). The first kappa shape index (κ1) is 22.2. The summed E-state index contributed by atoms with van der Waals surface area (Å²) in [5, 5.41) is 8.12. The number of hydrogen-bond donors (Lipinski definition) is 2. The van der Waals surface area contributed by atoms with E-state index in [1.54, 1.807) is 12.1 Å². The molecule has 2 saturated heterocycles. The highest BCUT2D eigenvalue weighted by Gasteiger charge is 2.46.